The average molecular weight is 416 g/mol. The fourth-order valence-corrected chi connectivity index (χ4v) is 5.70. The van der Waals surface area contributed by atoms with Crippen molar-refractivity contribution < 1.29 is 26.1 Å². The van der Waals surface area contributed by atoms with Gasteiger partial charge in [0.2, 0.25) is 15.8 Å². The number of benzene rings is 1. The number of hydrogen-bond donors (Lipinski definition) is 0. The van der Waals surface area contributed by atoms with Crippen molar-refractivity contribution in [2.75, 3.05) is 6.54 Å². The monoisotopic (exact) mass is 416 g/mol. The van der Waals surface area contributed by atoms with Crippen LogP contribution in [0, 0.1) is 0 Å². The van der Waals surface area contributed by atoms with E-state index in [1.165, 1.54) is 6.07 Å². The van der Waals surface area contributed by atoms with Gasteiger partial charge in [-0.3, -0.25) is 0 Å². The highest BCUT2D eigenvalue weighted by atomic mass is 32.2. The molecule has 0 aliphatic carbocycles. The molecule has 1 atom stereocenters. The molecule has 0 spiro atoms. The number of piperidine rings is 1. The minimum atomic E-state index is -4.65. The van der Waals surface area contributed by atoms with Gasteiger partial charge < -0.3 is 4.52 Å². The minimum Gasteiger partial charge on any atom is -0.351 e. The number of rotatable bonds is 5. The Kier molecular flexibility index (Phi) is 5.86. The molecule has 9 heteroatoms. The van der Waals surface area contributed by atoms with Crippen LogP contribution in [0.4, 0.5) is 13.2 Å². The molecule has 1 fully saturated rings. The summed E-state index contributed by atoms with van der Waals surface area (Å²) in [6, 6.07) is 5.34. The van der Waals surface area contributed by atoms with E-state index < -0.39 is 22.0 Å². The average Bonchev–Trinajstić information content (AvgIpc) is 3.18. The van der Waals surface area contributed by atoms with Gasteiger partial charge >= 0.3 is 6.18 Å². The summed E-state index contributed by atoms with van der Waals surface area (Å²) >= 11 is 0. The van der Waals surface area contributed by atoms with E-state index in [1.54, 1.807) is 16.4 Å². The Bertz CT molecular complexity index is 938. The number of halogens is 3. The van der Waals surface area contributed by atoms with Gasteiger partial charge in [0.05, 0.1) is 4.90 Å². The Labute approximate surface area is 162 Å². The van der Waals surface area contributed by atoms with Crippen LogP contribution < -0.4 is 0 Å². The third-order valence-electron chi connectivity index (χ3n) is 5.16. The van der Waals surface area contributed by atoms with Crippen LogP contribution >= 0.6 is 0 Å². The van der Waals surface area contributed by atoms with Crippen molar-refractivity contribution in [3.63, 3.8) is 0 Å². The van der Waals surface area contributed by atoms with Gasteiger partial charge in [0.1, 0.15) is 5.69 Å². The summed E-state index contributed by atoms with van der Waals surface area (Å²) in [6.07, 6.45) is -0.828. The maximum absolute atomic E-state index is 13.4. The van der Waals surface area contributed by atoms with E-state index in [4.69, 9.17) is 0 Å². The van der Waals surface area contributed by atoms with Crippen molar-refractivity contribution in [2.24, 2.45) is 0 Å². The van der Waals surface area contributed by atoms with Crippen LogP contribution in [0.5, 0.6) is 0 Å². The fourth-order valence-electron chi connectivity index (χ4n) is 3.62. The number of alkyl halides is 3. The highest BCUT2D eigenvalue weighted by Crippen LogP contribution is 2.34. The molecule has 0 radical (unpaired) electrons. The summed E-state index contributed by atoms with van der Waals surface area (Å²) in [5, 5.41) is 3.47. The van der Waals surface area contributed by atoms with Gasteiger partial charge in [-0.1, -0.05) is 37.6 Å². The van der Waals surface area contributed by atoms with Crippen LogP contribution in [-0.2, 0) is 22.6 Å². The first-order valence-corrected chi connectivity index (χ1v) is 10.8. The van der Waals surface area contributed by atoms with Gasteiger partial charge in [-0.15, -0.1) is 0 Å². The Morgan fingerprint density at radius 2 is 1.96 bits per heavy atom. The number of sulfonamides is 1. The van der Waals surface area contributed by atoms with Crippen LogP contribution in [0.3, 0.4) is 0 Å². The van der Waals surface area contributed by atoms with E-state index in [-0.39, 0.29) is 22.2 Å². The topological polar surface area (TPSA) is 63.4 Å². The summed E-state index contributed by atoms with van der Waals surface area (Å²) in [4.78, 5) is 0.129. The van der Waals surface area contributed by atoms with E-state index in [2.05, 4.69) is 9.68 Å². The van der Waals surface area contributed by atoms with Gasteiger partial charge in [0, 0.05) is 24.2 Å². The first-order valence-electron chi connectivity index (χ1n) is 9.37. The molecule has 154 valence electrons. The predicted molar refractivity (Wildman–Crippen MR) is 98.1 cm³/mol. The third-order valence-corrected chi connectivity index (χ3v) is 7.20. The predicted octanol–water partition coefficient (Wildman–Crippen LogP) is 4.88. The number of nitrogens with zero attached hydrogens (tertiary/aromatic N) is 2. The van der Waals surface area contributed by atoms with Crippen LogP contribution in [0.2, 0.25) is 0 Å². The number of hydrogen-bond acceptors (Lipinski definition) is 4. The lowest BCUT2D eigenvalue weighted by molar-refractivity contribution is -0.155. The minimum absolute atomic E-state index is 0.0443. The molecular formula is C19H23F3N2O3S. The van der Waals surface area contributed by atoms with Crippen LogP contribution in [0.1, 0.15) is 50.9 Å². The molecule has 1 aromatic carbocycles. The molecule has 0 unspecified atom stereocenters. The van der Waals surface area contributed by atoms with Crippen LogP contribution in [-0.4, -0.2) is 30.5 Å². The Morgan fingerprint density at radius 3 is 2.57 bits per heavy atom. The molecule has 2 aromatic rings. The SMILES string of the molecule is CCc1ccc(-c2cc(C(F)(F)F)on2)cc1S(=O)(=O)N1CCCC[C@H]1CC. The summed E-state index contributed by atoms with van der Waals surface area (Å²) in [5.74, 6) is -1.21. The van der Waals surface area contributed by atoms with Crippen molar-refractivity contribution in [1.82, 2.24) is 9.46 Å². The molecule has 5 nitrogen and oxygen atoms in total. The zero-order valence-corrected chi connectivity index (χ0v) is 16.6. The first-order chi connectivity index (χ1) is 13.2. The molecule has 0 saturated carbocycles. The molecule has 1 aromatic heterocycles. The van der Waals surface area contributed by atoms with Gasteiger partial charge in [-0.05, 0) is 37.3 Å². The normalized spacial score (nSPS) is 19.1. The molecule has 1 saturated heterocycles. The zero-order chi connectivity index (χ0) is 20.5. The maximum Gasteiger partial charge on any atom is 0.452 e. The Morgan fingerprint density at radius 1 is 1.21 bits per heavy atom. The van der Waals surface area contributed by atoms with E-state index in [1.807, 2.05) is 13.8 Å². The molecule has 2 heterocycles. The summed E-state index contributed by atoms with van der Waals surface area (Å²) in [5.41, 5.74) is 0.862. The van der Waals surface area contributed by atoms with Crippen molar-refractivity contribution >= 4 is 10.0 Å². The molecule has 0 bridgehead atoms. The van der Waals surface area contributed by atoms with Crippen LogP contribution in [0.25, 0.3) is 11.3 Å². The van der Waals surface area contributed by atoms with Gasteiger partial charge in [-0.25, -0.2) is 8.42 Å². The summed E-state index contributed by atoms with van der Waals surface area (Å²) in [7, 11) is -3.77. The lowest BCUT2D eigenvalue weighted by Gasteiger charge is -2.34. The van der Waals surface area contributed by atoms with Crippen molar-refractivity contribution in [3.05, 3.63) is 35.6 Å². The number of aryl methyl sites for hydroxylation is 1. The van der Waals surface area contributed by atoms with Gasteiger partial charge in [-0.2, -0.15) is 17.5 Å². The molecule has 28 heavy (non-hydrogen) atoms. The lowest BCUT2D eigenvalue weighted by atomic mass is 10.0. The largest absolute Gasteiger partial charge is 0.452 e. The summed E-state index contributed by atoms with van der Waals surface area (Å²) < 4.78 is 71.1. The van der Waals surface area contributed by atoms with Gasteiger partial charge in [0.15, 0.2) is 0 Å². The number of aromatic nitrogens is 1. The quantitative estimate of drug-likeness (QED) is 0.697. The van der Waals surface area contributed by atoms with Crippen molar-refractivity contribution in [3.8, 4) is 11.3 Å². The highest BCUT2D eigenvalue weighted by molar-refractivity contribution is 7.89. The Hall–Kier alpha value is -1.87. The van der Waals surface area contributed by atoms with Crippen LogP contribution in [0.15, 0.2) is 33.7 Å². The maximum atomic E-state index is 13.4. The molecule has 0 amide bonds. The zero-order valence-electron chi connectivity index (χ0n) is 15.8. The Balaban J connectivity index is 2.05. The van der Waals surface area contributed by atoms with Crippen molar-refractivity contribution in [2.45, 2.75) is 63.1 Å². The van der Waals surface area contributed by atoms with E-state index in [0.717, 1.165) is 31.7 Å². The lowest BCUT2D eigenvalue weighted by Crippen LogP contribution is -2.43. The molecule has 1 aliphatic heterocycles. The van der Waals surface area contributed by atoms with Gasteiger partial charge in [0.25, 0.3) is 0 Å². The third kappa shape index (κ3) is 3.96. The summed E-state index contributed by atoms with van der Waals surface area (Å²) in [6.45, 7) is 4.26. The molecule has 0 N–H and O–H groups in total. The highest BCUT2D eigenvalue weighted by Gasteiger charge is 2.37. The van der Waals surface area contributed by atoms with E-state index in [0.29, 0.717) is 18.5 Å². The standard InChI is InChI=1S/C19H23F3N2O3S/c1-3-13-8-9-14(16-12-18(27-23-16)19(20,21)22)11-17(13)28(25,26)24-10-6-5-7-15(24)4-2/h8-9,11-12,15H,3-7,10H2,1-2H3/t15-/m1/s1. The smallest absolute Gasteiger partial charge is 0.351 e. The van der Waals surface area contributed by atoms with E-state index in [9.17, 15) is 21.6 Å². The second-order valence-electron chi connectivity index (χ2n) is 6.92. The van der Waals surface area contributed by atoms with Crippen molar-refractivity contribution in [1.29, 1.82) is 0 Å². The molecular weight excluding hydrogens is 393 g/mol. The molecule has 1 aliphatic rings. The van der Waals surface area contributed by atoms with E-state index >= 15 is 0 Å². The molecule has 3 rings (SSSR count). The second-order valence-corrected chi connectivity index (χ2v) is 8.78. The fraction of sp³-hybridized carbons (Fsp3) is 0.526. The first kappa shape index (κ1) is 20.9. The second kappa shape index (κ2) is 7.87.